The maximum atomic E-state index is 11.9. The van der Waals surface area contributed by atoms with Gasteiger partial charge in [-0.25, -0.2) is 0 Å². The highest BCUT2D eigenvalue weighted by Gasteiger charge is 2.11. The van der Waals surface area contributed by atoms with Crippen LogP contribution in [0.15, 0.2) is 11.8 Å². The lowest BCUT2D eigenvalue weighted by Crippen LogP contribution is -2.41. The van der Waals surface area contributed by atoms with E-state index >= 15 is 0 Å². The fraction of sp³-hybridized carbons (Fsp3) is 0.733. The smallest absolute Gasteiger partial charge is 0.263 e. The number of carbonyl (C=O) groups excluding carboxylic acids is 1. The summed E-state index contributed by atoms with van der Waals surface area (Å²) in [4.78, 5) is 14.1. The van der Waals surface area contributed by atoms with Crippen LogP contribution < -0.4 is 10.6 Å². The standard InChI is InChI=1S/C15H26N4O2/c1-2-3-4-5-17-13-14(12-16)15(20)18-6-7-19-8-10-21-11-9-19/h13,17H,2-11H2,1H3,(H,18,20)/b14-13-. The van der Waals surface area contributed by atoms with Crippen LogP contribution in [0.4, 0.5) is 0 Å². The maximum Gasteiger partial charge on any atom is 0.263 e. The second-order valence-corrected chi connectivity index (χ2v) is 5.04. The third kappa shape index (κ3) is 7.69. The van der Waals surface area contributed by atoms with Crippen LogP contribution in [0.25, 0.3) is 0 Å². The molecule has 0 atom stereocenters. The summed E-state index contributed by atoms with van der Waals surface area (Å²) < 4.78 is 5.27. The summed E-state index contributed by atoms with van der Waals surface area (Å²) in [5.41, 5.74) is 0.133. The topological polar surface area (TPSA) is 77.4 Å². The molecule has 0 aromatic heterocycles. The normalized spacial score (nSPS) is 16.3. The summed E-state index contributed by atoms with van der Waals surface area (Å²) in [5, 5.41) is 14.8. The molecule has 6 heteroatoms. The predicted octanol–water partition coefficient (Wildman–Crippen LogP) is 0.622. The predicted molar refractivity (Wildman–Crippen MR) is 81.5 cm³/mol. The molecule has 0 aromatic rings. The minimum Gasteiger partial charge on any atom is -0.390 e. The van der Waals surface area contributed by atoms with E-state index in [0.717, 1.165) is 58.7 Å². The van der Waals surface area contributed by atoms with Crippen LogP contribution >= 0.6 is 0 Å². The van der Waals surface area contributed by atoms with E-state index in [1.54, 1.807) is 0 Å². The van der Waals surface area contributed by atoms with Crippen molar-refractivity contribution in [2.75, 3.05) is 45.9 Å². The summed E-state index contributed by atoms with van der Waals surface area (Å²) in [5.74, 6) is -0.311. The number of nitrogens with zero attached hydrogens (tertiary/aromatic N) is 2. The van der Waals surface area contributed by atoms with Crippen molar-refractivity contribution >= 4 is 5.91 Å². The molecule has 118 valence electrons. The van der Waals surface area contributed by atoms with Gasteiger partial charge in [0.25, 0.3) is 5.91 Å². The number of nitriles is 1. The molecule has 0 radical (unpaired) electrons. The van der Waals surface area contributed by atoms with Crippen LogP contribution in [0.1, 0.15) is 26.2 Å². The summed E-state index contributed by atoms with van der Waals surface area (Å²) in [6.07, 6.45) is 4.86. The van der Waals surface area contributed by atoms with Crippen LogP contribution in [-0.4, -0.2) is 56.7 Å². The fourth-order valence-electron chi connectivity index (χ4n) is 2.05. The molecule has 0 aliphatic carbocycles. The molecule has 0 aromatic carbocycles. The summed E-state index contributed by atoms with van der Waals surface area (Å²) >= 11 is 0. The molecule has 1 saturated heterocycles. The molecule has 1 heterocycles. The largest absolute Gasteiger partial charge is 0.390 e. The Morgan fingerprint density at radius 2 is 2.10 bits per heavy atom. The van der Waals surface area contributed by atoms with Crippen molar-refractivity contribution in [3.8, 4) is 6.07 Å². The van der Waals surface area contributed by atoms with Gasteiger partial charge in [-0.05, 0) is 6.42 Å². The van der Waals surface area contributed by atoms with Gasteiger partial charge in [0.15, 0.2) is 0 Å². The fourth-order valence-corrected chi connectivity index (χ4v) is 2.05. The van der Waals surface area contributed by atoms with Crippen molar-refractivity contribution in [2.24, 2.45) is 0 Å². The Bertz CT molecular complexity index is 370. The van der Waals surface area contributed by atoms with Crippen molar-refractivity contribution in [1.29, 1.82) is 5.26 Å². The van der Waals surface area contributed by atoms with Crippen molar-refractivity contribution in [1.82, 2.24) is 15.5 Å². The van der Waals surface area contributed by atoms with Gasteiger partial charge in [0.1, 0.15) is 11.6 Å². The van der Waals surface area contributed by atoms with Crippen LogP contribution in [-0.2, 0) is 9.53 Å². The number of morpholine rings is 1. The number of carbonyl (C=O) groups is 1. The van der Waals surface area contributed by atoms with Gasteiger partial charge in [-0.1, -0.05) is 19.8 Å². The highest BCUT2D eigenvalue weighted by Crippen LogP contribution is 1.96. The van der Waals surface area contributed by atoms with E-state index in [-0.39, 0.29) is 11.5 Å². The molecule has 1 amide bonds. The Morgan fingerprint density at radius 3 is 2.76 bits per heavy atom. The van der Waals surface area contributed by atoms with Gasteiger partial charge in [-0.3, -0.25) is 9.69 Å². The monoisotopic (exact) mass is 294 g/mol. The molecule has 2 N–H and O–H groups in total. The Labute approximate surface area is 127 Å². The highest BCUT2D eigenvalue weighted by atomic mass is 16.5. The molecule has 0 spiro atoms. The van der Waals surface area contributed by atoms with E-state index in [1.165, 1.54) is 6.20 Å². The molecule has 1 aliphatic rings. The quantitative estimate of drug-likeness (QED) is 0.370. The lowest BCUT2D eigenvalue weighted by Gasteiger charge is -2.26. The number of ether oxygens (including phenoxy) is 1. The number of amides is 1. The Kier molecular flexibility index (Phi) is 9.25. The molecular formula is C15H26N4O2. The van der Waals surface area contributed by atoms with Crippen LogP contribution in [0, 0.1) is 11.3 Å². The summed E-state index contributed by atoms with van der Waals surface area (Å²) in [6.45, 7) is 7.56. The lowest BCUT2D eigenvalue weighted by atomic mass is 10.2. The van der Waals surface area contributed by atoms with E-state index in [1.807, 2.05) is 6.07 Å². The van der Waals surface area contributed by atoms with Crippen molar-refractivity contribution in [3.05, 3.63) is 11.8 Å². The first-order chi connectivity index (χ1) is 10.3. The van der Waals surface area contributed by atoms with Crippen LogP contribution in [0.2, 0.25) is 0 Å². The minimum absolute atomic E-state index is 0.133. The van der Waals surface area contributed by atoms with Gasteiger partial charge >= 0.3 is 0 Å². The Balaban J connectivity index is 2.20. The van der Waals surface area contributed by atoms with Gasteiger partial charge in [0, 0.05) is 38.9 Å². The first-order valence-corrected chi connectivity index (χ1v) is 7.70. The van der Waals surface area contributed by atoms with Crippen molar-refractivity contribution in [2.45, 2.75) is 26.2 Å². The molecule has 0 unspecified atom stereocenters. The van der Waals surface area contributed by atoms with Crippen molar-refractivity contribution in [3.63, 3.8) is 0 Å². The molecular weight excluding hydrogens is 268 g/mol. The van der Waals surface area contributed by atoms with Gasteiger partial charge in [-0.15, -0.1) is 0 Å². The summed E-state index contributed by atoms with van der Waals surface area (Å²) in [6, 6.07) is 1.93. The zero-order valence-electron chi connectivity index (χ0n) is 12.9. The second kappa shape index (κ2) is 11.1. The van der Waals surface area contributed by atoms with Crippen LogP contribution in [0.5, 0.6) is 0 Å². The number of nitrogens with one attached hydrogen (secondary N) is 2. The zero-order valence-corrected chi connectivity index (χ0v) is 12.9. The zero-order chi connectivity index (χ0) is 15.3. The van der Waals surface area contributed by atoms with Gasteiger partial charge < -0.3 is 15.4 Å². The molecule has 1 aliphatic heterocycles. The number of hydrogen-bond donors (Lipinski definition) is 2. The number of rotatable bonds is 9. The molecule has 6 nitrogen and oxygen atoms in total. The third-order valence-corrected chi connectivity index (χ3v) is 3.35. The molecule has 0 saturated carbocycles. The van der Waals surface area contributed by atoms with Gasteiger partial charge in [0.05, 0.1) is 13.2 Å². The molecule has 0 bridgehead atoms. The van der Waals surface area contributed by atoms with Gasteiger partial charge in [0.2, 0.25) is 0 Å². The minimum atomic E-state index is -0.311. The maximum absolute atomic E-state index is 11.9. The van der Waals surface area contributed by atoms with Gasteiger partial charge in [-0.2, -0.15) is 5.26 Å². The number of unbranched alkanes of at least 4 members (excludes halogenated alkanes) is 2. The summed E-state index contributed by atoms with van der Waals surface area (Å²) in [7, 11) is 0. The number of hydrogen-bond acceptors (Lipinski definition) is 5. The SMILES string of the molecule is CCCCCN/C=C(/C#N)C(=O)NCCN1CCOCC1. The highest BCUT2D eigenvalue weighted by molar-refractivity contribution is 5.97. The third-order valence-electron chi connectivity index (χ3n) is 3.35. The van der Waals surface area contributed by atoms with E-state index in [2.05, 4.69) is 22.5 Å². The van der Waals surface area contributed by atoms with E-state index < -0.39 is 0 Å². The van der Waals surface area contributed by atoms with Crippen molar-refractivity contribution < 1.29 is 9.53 Å². The van der Waals surface area contributed by atoms with E-state index in [4.69, 9.17) is 10.00 Å². The molecule has 1 fully saturated rings. The van der Waals surface area contributed by atoms with Crippen LogP contribution in [0.3, 0.4) is 0 Å². The average Bonchev–Trinajstić information content (AvgIpc) is 2.52. The first-order valence-electron chi connectivity index (χ1n) is 7.70. The Morgan fingerprint density at radius 1 is 1.33 bits per heavy atom. The lowest BCUT2D eigenvalue weighted by molar-refractivity contribution is -0.117. The van der Waals surface area contributed by atoms with E-state index in [0.29, 0.717) is 6.54 Å². The molecule has 1 rings (SSSR count). The average molecular weight is 294 g/mol. The first kappa shape index (κ1) is 17.5. The Hall–Kier alpha value is -1.58. The van der Waals surface area contributed by atoms with E-state index in [9.17, 15) is 4.79 Å². The second-order valence-electron chi connectivity index (χ2n) is 5.04. The molecule has 21 heavy (non-hydrogen) atoms.